The molecule has 0 aliphatic carbocycles. The first-order chi connectivity index (χ1) is 12.1. The molecular weight excluding hydrogens is 323 g/mol. The number of aryl methyl sites for hydroxylation is 3. The lowest BCUT2D eigenvalue weighted by Gasteiger charge is -2.12. The van der Waals surface area contributed by atoms with Crippen molar-refractivity contribution in [3.63, 3.8) is 0 Å². The van der Waals surface area contributed by atoms with E-state index in [1.807, 2.05) is 12.1 Å². The van der Waals surface area contributed by atoms with E-state index in [4.69, 9.17) is 4.74 Å². The molecular formula is C23H23OP. The zero-order chi connectivity index (χ0) is 17.8. The van der Waals surface area contributed by atoms with Crippen molar-refractivity contribution in [1.82, 2.24) is 0 Å². The first kappa shape index (κ1) is 17.5. The summed E-state index contributed by atoms with van der Waals surface area (Å²) < 4.78 is 5.31. The molecule has 3 rings (SSSR count). The minimum absolute atomic E-state index is 0.885. The van der Waals surface area contributed by atoms with Crippen LogP contribution >= 0.6 is 8.20 Å². The van der Waals surface area contributed by atoms with E-state index in [1.165, 1.54) is 46.6 Å². The Labute approximate surface area is 152 Å². The van der Waals surface area contributed by atoms with Crippen LogP contribution in [0.2, 0.25) is 0 Å². The van der Waals surface area contributed by atoms with Crippen LogP contribution in [0.5, 0.6) is 5.75 Å². The number of rotatable bonds is 4. The molecule has 0 fully saturated rings. The van der Waals surface area contributed by atoms with Crippen molar-refractivity contribution in [2.75, 3.05) is 7.11 Å². The van der Waals surface area contributed by atoms with Gasteiger partial charge in [-0.3, -0.25) is 0 Å². The molecule has 3 aromatic carbocycles. The van der Waals surface area contributed by atoms with Gasteiger partial charge in [-0.15, -0.1) is 0 Å². The molecule has 0 N–H and O–H groups in total. The molecule has 0 saturated heterocycles. The van der Waals surface area contributed by atoms with Crippen LogP contribution in [-0.2, 0) is 0 Å². The highest BCUT2D eigenvalue weighted by Gasteiger charge is 2.09. The minimum Gasteiger partial charge on any atom is -0.497 e. The van der Waals surface area contributed by atoms with Crippen molar-refractivity contribution in [3.8, 4) is 5.75 Å². The highest BCUT2D eigenvalue weighted by Crippen LogP contribution is 2.22. The second-order valence-corrected chi connectivity index (χ2v) is 7.42. The maximum absolute atomic E-state index is 5.31. The normalized spacial score (nSPS) is 11.4. The standard InChI is InChI=1S/C23H23OP/c1-16-14-17(2)22(18(3)15-16)25-23(19-8-6-5-7-9-19)20-10-12-21(24-4)13-11-20/h5-15H,1-4H3. The first-order valence-electron chi connectivity index (χ1n) is 8.45. The molecule has 0 unspecified atom stereocenters. The lowest BCUT2D eigenvalue weighted by molar-refractivity contribution is 0.415. The molecule has 0 radical (unpaired) electrons. The summed E-state index contributed by atoms with van der Waals surface area (Å²) in [6, 6.07) is 23.5. The Bertz CT molecular complexity index is 870. The molecule has 0 atom stereocenters. The van der Waals surface area contributed by atoms with Crippen LogP contribution in [0.4, 0.5) is 0 Å². The third kappa shape index (κ3) is 4.00. The SMILES string of the molecule is COc1ccc(C(=Pc2c(C)cc(C)cc2C)c2ccccc2)cc1. The molecule has 2 heteroatoms. The highest BCUT2D eigenvalue weighted by molar-refractivity contribution is 7.50. The third-order valence-electron chi connectivity index (χ3n) is 4.27. The molecule has 0 aliphatic heterocycles. The molecule has 0 saturated carbocycles. The Kier molecular flexibility index (Phi) is 5.36. The number of benzene rings is 3. The summed E-state index contributed by atoms with van der Waals surface area (Å²) in [7, 11) is 2.93. The van der Waals surface area contributed by atoms with E-state index in [0.29, 0.717) is 0 Å². The molecule has 3 aromatic rings. The summed E-state index contributed by atoms with van der Waals surface area (Å²) in [6.45, 7) is 6.57. The van der Waals surface area contributed by atoms with Crippen LogP contribution in [0.25, 0.3) is 0 Å². The van der Waals surface area contributed by atoms with Crippen LogP contribution in [0, 0.1) is 20.8 Å². The maximum atomic E-state index is 5.31. The Hall–Kier alpha value is -2.37. The van der Waals surface area contributed by atoms with Gasteiger partial charge in [0.2, 0.25) is 0 Å². The number of ether oxygens (including phenoxy) is 1. The molecule has 0 heterocycles. The van der Waals surface area contributed by atoms with Crippen molar-refractivity contribution in [2.45, 2.75) is 20.8 Å². The van der Waals surface area contributed by atoms with Crippen LogP contribution in [0.15, 0.2) is 66.7 Å². The third-order valence-corrected chi connectivity index (χ3v) is 5.94. The van der Waals surface area contributed by atoms with Gasteiger partial charge in [0.1, 0.15) is 5.75 Å². The molecule has 126 valence electrons. The average molecular weight is 346 g/mol. The first-order valence-corrected chi connectivity index (χ1v) is 9.34. The van der Waals surface area contributed by atoms with Gasteiger partial charge < -0.3 is 4.74 Å². The quantitative estimate of drug-likeness (QED) is 0.570. The number of hydrogen-bond acceptors (Lipinski definition) is 1. The van der Waals surface area contributed by atoms with Crippen LogP contribution in [0.3, 0.4) is 0 Å². The van der Waals surface area contributed by atoms with E-state index in [-0.39, 0.29) is 0 Å². The zero-order valence-corrected chi connectivity index (χ0v) is 16.1. The van der Waals surface area contributed by atoms with Gasteiger partial charge in [-0.2, -0.15) is 0 Å². The van der Waals surface area contributed by atoms with E-state index in [1.54, 1.807) is 7.11 Å². The van der Waals surface area contributed by atoms with Gasteiger partial charge in [-0.05, 0) is 55.2 Å². The minimum atomic E-state index is 0.885. The van der Waals surface area contributed by atoms with E-state index in [2.05, 4.69) is 75.4 Å². The van der Waals surface area contributed by atoms with Crippen molar-refractivity contribution in [1.29, 1.82) is 0 Å². The second kappa shape index (κ2) is 7.68. The van der Waals surface area contributed by atoms with E-state index in [9.17, 15) is 0 Å². The summed E-state index contributed by atoms with van der Waals surface area (Å²) in [5, 5.41) is 2.71. The summed E-state index contributed by atoms with van der Waals surface area (Å²) in [5.74, 6) is 0.885. The van der Waals surface area contributed by atoms with E-state index in [0.717, 1.165) is 5.75 Å². The van der Waals surface area contributed by atoms with Gasteiger partial charge in [0.15, 0.2) is 0 Å². The molecule has 0 bridgehead atoms. The lowest BCUT2D eigenvalue weighted by Crippen LogP contribution is -2.09. The van der Waals surface area contributed by atoms with Gasteiger partial charge >= 0.3 is 0 Å². The summed E-state index contributed by atoms with van der Waals surface area (Å²) >= 11 is 0. The van der Waals surface area contributed by atoms with Crippen molar-refractivity contribution in [2.24, 2.45) is 0 Å². The largest absolute Gasteiger partial charge is 0.497 e. The van der Waals surface area contributed by atoms with Crippen LogP contribution < -0.4 is 10.0 Å². The molecule has 0 aromatic heterocycles. The van der Waals surface area contributed by atoms with Gasteiger partial charge in [0, 0.05) is 10.6 Å². The highest BCUT2D eigenvalue weighted by atomic mass is 31.1. The number of hydrogen-bond donors (Lipinski definition) is 0. The Morgan fingerprint density at radius 1 is 0.760 bits per heavy atom. The van der Waals surface area contributed by atoms with Crippen molar-refractivity contribution in [3.05, 3.63) is 94.5 Å². The smallest absolute Gasteiger partial charge is 0.118 e. The topological polar surface area (TPSA) is 9.23 Å². The molecule has 0 aliphatic rings. The zero-order valence-electron chi connectivity index (χ0n) is 15.2. The fourth-order valence-electron chi connectivity index (χ4n) is 3.10. The average Bonchev–Trinajstić information content (AvgIpc) is 2.62. The van der Waals surface area contributed by atoms with Gasteiger partial charge in [0.05, 0.1) is 7.11 Å². The predicted molar refractivity (Wildman–Crippen MR) is 110 cm³/mol. The summed E-state index contributed by atoms with van der Waals surface area (Å²) in [4.78, 5) is 0. The number of methoxy groups -OCH3 is 1. The molecule has 0 spiro atoms. The summed E-state index contributed by atoms with van der Waals surface area (Å²) in [6.07, 6.45) is 0. The Balaban J connectivity index is 2.18. The predicted octanol–water partition coefficient (Wildman–Crippen LogP) is 5.46. The van der Waals surface area contributed by atoms with Crippen molar-refractivity contribution >= 4 is 18.8 Å². The molecule has 0 amide bonds. The summed E-state index contributed by atoms with van der Waals surface area (Å²) in [5.41, 5.74) is 6.50. The van der Waals surface area contributed by atoms with Gasteiger partial charge in [-0.25, -0.2) is 0 Å². The van der Waals surface area contributed by atoms with Gasteiger partial charge in [0.25, 0.3) is 0 Å². The lowest BCUT2D eigenvalue weighted by atomic mass is 10.0. The fourth-order valence-corrected chi connectivity index (χ4v) is 4.36. The Morgan fingerprint density at radius 3 is 1.88 bits per heavy atom. The maximum Gasteiger partial charge on any atom is 0.118 e. The second-order valence-electron chi connectivity index (χ2n) is 6.30. The van der Waals surface area contributed by atoms with E-state index < -0.39 is 0 Å². The van der Waals surface area contributed by atoms with Crippen molar-refractivity contribution < 1.29 is 4.74 Å². The monoisotopic (exact) mass is 346 g/mol. The van der Waals surface area contributed by atoms with E-state index >= 15 is 0 Å². The Morgan fingerprint density at radius 2 is 1.32 bits per heavy atom. The van der Waals surface area contributed by atoms with Crippen LogP contribution in [-0.4, -0.2) is 12.4 Å². The molecule has 25 heavy (non-hydrogen) atoms. The molecule has 1 nitrogen and oxygen atoms in total. The fraction of sp³-hybridized carbons (Fsp3) is 0.174. The van der Waals surface area contributed by atoms with Gasteiger partial charge in [-0.1, -0.05) is 68.4 Å². The van der Waals surface area contributed by atoms with Crippen LogP contribution in [0.1, 0.15) is 27.8 Å².